The molecule has 1 aromatic carbocycles. The van der Waals surface area contributed by atoms with Gasteiger partial charge >= 0.3 is 0 Å². The first-order chi connectivity index (χ1) is 11.1. The number of hydrogen-bond acceptors (Lipinski definition) is 3. The van der Waals surface area contributed by atoms with Crippen molar-refractivity contribution in [1.82, 2.24) is 9.88 Å². The number of carbonyl (C=O) groups excluding carboxylic acids is 2. The van der Waals surface area contributed by atoms with E-state index >= 15 is 0 Å². The van der Waals surface area contributed by atoms with Gasteiger partial charge in [0.1, 0.15) is 6.04 Å². The Balaban J connectivity index is 1.81. The van der Waals surface area contributed by atoms with E-state index in [9.17, 15) is 9.59 Å². The summed E-state index contributed by atoms with van der Waals surface area (Å²) in [7, 11) is 0. The maximum absolute atomic E-state index is 12.5. The van der Waals surface area contributed by atoms with E-state index in [1.807, 2.05) is 35.8 Å². The molecule has 122 valence electrons. The van der Waals surface area contributed by atoms with Gasteiger partial charge in [-0.3, -0.25) is 9.59 Å². The number of ketones is 1. The van der Waals surface area contributed by atoms with Gasteiger partial charge in [0.05, 0.1) is 6.10 Å². The van der Waals surface area contributed by atoms with Crippen LogP contribution in [-0.4, -0.2) is 35.5 Å². The van der Waals surface area contributed by atoms with E-state index in [2.05, 4.69) is 5.32 Å². The second-order valence-electron chi connectivity index (χ2n) is 6.08. The number of nitrogens with zero attached hydrogens (tertiary/aromatic N) is 1. The second-order valence-corrected chi connectivity index (χ2v) is 6.08. The van der Waals surface area contributed by atoms with Gasteiger partial charge in [0.15, 0.2) is 5.78 Å². The minimum Gasteiger partial charge on any atom is -0.376 e. The summed E-state index contributed by atoms with van der Waals surface area (Å²) in [5, 5.41) is 3.84. The zero-order valence-corrected chi connectivity index (χ0v) is 13.5. The molecule has 0 radical (unpaired) electrons. The number of amides is 1. The van der Waals surface area contributed by atoms with Gasteiger partial charge in [-0.05, 0) is 32.8 Å². The first-order valence-corrected chi connectivity index (χ1v) is 8.07. The number of Topliss-reactive ketones (excluding diaryl/α,β-unsaturated/α-hetero) is 1. The topological polar surface area (TPSA) is 60.3 Å². The maximum atomic E-state index is 12.5. The van der Waals surface area contributed by atoms with Crippen molar-refractivity contribution in [2.75, 3.05) is 13.2 Å². The Morgan fingerprint density at radius 3 is 2.87 bits per heavy atom. The molecule has 1 N–H and O–H groups in total. The van der Waals surface area contributed by atoms with Crippen molar-refractivity contribution < 1.29 is 14.3 Å². The monoisotopic (exact) mass is 314 g/mol. The summed E-state index contributed by atoms with van der Waals surface area (Å²) in [5.41, 5.74) is 1.55. The summed E-state index contributed by atoms with van der Waals surface area (Å²) in [4.78, 5) is 24.3. The quantitative estimate of drug-likeness (QED) is 0.863. The third-order valence-corrected chi connectivity index (χ3v) is 4.44. The van der Waals surface area contributed by atoms with Crippen molar-refractivity contribution in [1.29, 1.82) is 0 Å². The van der Waals surface area contributed by atoms with Crippen molar-refractivity contribution in [3.63, 3.8) is 0 Å². The number of benzene rings is 1. The molecule has 0 saturated carbocycles. The standard InChI is InChI=1S/C18H22N2O3/c1-12(18(22)19-10-14-6-5-9-23-14)20-11-16(13(2)21)15-7-3-4-8-17(15)20/h3-4,7-8,11-12,14H,5-6,9-10H2,1-2H3,(H,19,22)/t12-,14-/m0/s1. The number of aromatic nitrogens is 1. The fourth-order valence-electron chi connectivity index (χ4n) is 3.10. The van der Waals surface area contributed by atoms with Crippen molar-refractivity contribution in [3.8, 4) is 0 Å². The first-order valence-electron chi connectivity index (χ1n) is 8.07. The summed E-state index contributed by atoms with van der Waals surface area (Å²) < 4.78 is 7.40. The molecule has 0 aliphatic carbocycles. The molecule has 23 heavy (non-hydrogen) atoms. The number of para-hydroxylation sites is 1. The predicted octanol–water partition coefficient (Wildman–Crippen LogP) is 2.70. The smallest absolute Gasteiger partial charge is 0.242 e. The van der Waals surface area contributed by atoms with E-state index in [-0.39, 0.29) is 23.8 Å². The highest BCUT2D eigenvalue weighted by molar-refractivity contribution is 6.07. The van der Waals surface area contributed by atoms with Crippen molar-refractivity contribution in [2.45, 2.75) is 38.8 Å². The van der Waals surface area contributed by atoms with Gasteiger partial charge in [0, 0.05) is 35.8 Å². The molecule has 5 nitrogen and oxygen atoms in total. The normalized spacial score (nSPS) is 19.0. The zero-order chi connectivity index (χ0) is 16.4. The summed E-state index contributed by atoms with van der Waals surface area (Å²) >= 11 is 0. The Morgan fingerprint density at radius 2 is 2.17 bits per heavy atom. The third-order valence-electron chi connectivity index (χ3n) is 4.44. The summed E-state index contributed by atoms with van der Waals surface area (Å²) in [5.74, 6) is -0.0525. The summed E-state index contributed by atoms with van der Waals surface area (Å²) in [6, 6.07) is 7.29. The van der Waals surface area contributed by atoms with Gasteiger partial charge in [-0.15, -0.1) is 0 Å². The van der Waals surface area contributed by atoms with Crippen LogP contribution in [0.5, 0.6) is 0 Å². The molecule has 1 aliphatic heterocycles. The van der Waals surface area contributed by atoms with E-state index in [0.29, 0.717) is 12.1 Å². The fourth-order valence-corrected chi connectivity index (χ4v) is 3.10. The number of hydrogen-bond donors (Lipinski definition) is 1. The van der Waals surface area contributed by atoms with Gasteiger partial charge in [-0.2, -0.15) is 0 Å². The van der Waals surface area contributed by atoms with Gasteiger partial charge in [-0.1, -0.05) is 18.2 Å². The molecule has 2 atom stereocenters. The highest BCUT2D eigenvalue weighted by Gasteiger charge is 2.22. The third kappa shape index (κ3) is 3.15. The van der Waals surface area contributed by atoms with Crippen LogP contribution in [-0.2, 0) is 9.53 Å². The van der Waals surface area contributed by atoms with E-state index in [1.54, 1.807) is 13.1 Å². The molecule has 1 fully saturated rings. The average molecular weight is 314 g/mol. The molecular formula is C18H22N2O3. The van der Waals surface area contributed by atoms with Crippen molar-refractivity contribution in [2.24, 2.45) is 0 Å². The lowest BCUT2D eigenvalue weighted by molar-refractivity contribution is -0.124. The number of ether oxygens (including phenoxy) is 1. The number of carbonyl (C=O) groups is 2. The van der Waals surface area contributed by atoms with Gasteiger partial charge in [0.25, 0.3) is 0 Å². The van der Waals surface area contributed by atoms with E-state index in [1.165, 1.54) is 0 Å². The molecule has 0 spiro atoms. The molecule has 0 unspecified atom stereocenters. The Bertz CT molecular complexity index is 729. The molecule has 2 aromatic rings. The van der Waals surface area contributed by atoms with Crippen molar-refractivity contribution >= 4 is 22.6 Å². The van der Waals surface area contributed by atoms with Crippen LogP contribution in [0, 0.1) is 0 Å². The minimum atomic E-state index is -0.380. The SMILES string of the molecule is CC(=O)c1cn([C@@H](C)C(=O)NC[C@@H]2CCCO2)c2ccccc12. The molecule has 1 saturated heterocycles. The van der Waals surface area contributed by atoms with Crippen LogP contribution in [0.15, 0.2) is 30.5 Å². The van der Waals surface area contributed by atoms with Gasteiger partial charge in [0.2, 0.25) is 5.91 Å². The maximum Gasteiger partial charge on any atom is 0.242 e. The highest BCUT2D eigenvalue weighted by Crippen LogP contribution is 2.25. The molecule has 0 bridgehead atoms. The summed E-state index contributed by atoms with van der Waals surface area (Å²) in [6.45, 7) is 4.72. The van der Waals surface area contributed by atoms with Crippen molar-refractivity contribution in [3.05, 3.63) is 36.0 Å². The van der Waals surface area contributed by atoms with Gasteiger partial charge in [-0.25, -0.2) is 0 Å². The molecule has 1 aliphatic rings. The van der Waals surface area contributed by atoms with Crippen LogP contribution < -0.4 is 5.32 Å². The highest BCUT2D eigenvalue weighted by atomic mass is 16.5. The predicted molar refractivity (Wildman–Crippen MR) is 88.6 cm³/mol. The van der Waals surface area contributed by atoms with Crippen LogP contribution in [0.3, 0.4) is 0 Å². The zero-order valence-electron chi connectivity index (χ0n) is 13.5. The number of nitrogens with one attached hydrogen (secondary N) is 1. The lowest BCUT2D eigenvalue weighted by atomic mass is 10.1. The van der Waals surface area contributed by atoms with Crippen LogP contribution in [0.25, 0.3) is 10.9 Å². The van der Waals surface area contributed by atoms with E-state index < -0.39 is 0 Å². The number of fused-ring (bicyclic) bond motifs is 1. The van der Waals surface area contributed by atoms with E-state index in [4.69, 9.17) is 4.74 Å². The molecule has 3 rings (SSSR count). The molecular weight excluding hydrogens is 292 g/mol. The lowest BCUT2D eigenvalue weighted by Crippen LogP contribution is -2.36. The second kappa shape index (κ2) is 6.54. The fraction of sp³-hybridized carbons (Fsp3) is 0.444. The minimum absolute atomic E-state index is 0.00640. The lowest BCUT2D eigenvalue weighted by Gasteiger charge is -2.17. The van der Waals surface area contributed by atoms with E-state index in [0.717, 1.165) is 30.4 Å². The molecule has 1 amide bonds. The molecule has 1 aromatic heterocycles. The Morgan fingerprint density at radius 1 is 1.39 bits per heavy atom. The Hall–Kier alpha value is -2.14. The number of rotatable bonds is 5. The van der Waals surface area contributed by atoms with Crippen LogP contribution >= 0.6 is 0 Å². The van der Waals surface area contributed by atoms with Crippen LogP contribution in [0.1, 0.15) is 43.1 Å². The van der Waals surface area contributed by atoms with Crippen LogP contribution in [0.4, 0.5) is 0 Å². The Kier molecular flexibility index (Phi) is 4.48. The summed E-state index contributed by atoms with van der Waals surface area (Å²) in [6.07, 6.45) is 3.96. The van der Waals surface area contributed by atoms with Crippen LogP contribution in [0.2, 0.25) is 0 Å². The Labute approximate surface area is 135 Å². The molecule has 2 heterocycles. The van der Waals surface area contributed by atoms with Gasteiger partial charge < -0.3 is 14.6 Å². The average Bonchev–Trinajstić information content (AvgIpc) is 3.19. The first kappa shape index (κ1) is 15.7. The largest absolute Gasteiger partial charge is 0.376 e. The molecule has 5 heteroatoms.